The molecule has 1 aliphatic carbocycles. The van der Waals surface area contributed by atoms with Gasteiger partial charge in [0.2, 0.25) is 0 Å². The van der Waals surface area contributed by atoms with Crippen molar-refractivity contribution in [1.82, 2.24) is 4.90 Å². The van der Waals surface area contributed by atoms with Crippen LogP contribution in [0.3, 0.4) is 0 Å². The lowest BCUT2D eigenvalue weighted by atomic mass is 10.1. The van der Waals surface area contributed by atoms with Crippen molar-refractivity contribution in [2.75, 3.05) is 13.1 Å². The number of carbonyl (C=O) groups is 2. The predicted molar refractivity (Wildman–Crippen MR) is 69.7 cm³/mol. The lowest BCUT2D eigenvalue weighted by molar-refractivity contribution is -0.147. The monoisotopic (exact) mass is 269 g/mol. The number of ether oxygens (including phenoxy) is 1. The first kappa shape index (κ1) is 14.3. The SMILES string of the molecule is CCC(OC1CCCC1)C(=O)N1CCC(C(=O)O)C1. The van der Waals surface area contributed by atoms with Gasteiger partial charge >= 0.3 is 5.97 Å². The molecule has 2 atom stereocenters. The third kappa shape index (κ3) is 3.47. The van der Waals surface area contributed by atoms with Gasteiger partial charge in [0.05, 0.1) is 12.0 Å². The van der Waals surface area contributed by atoms with E-state index in [1.165, 1.54) is 12.8 Å². The standard InChI is InChI=1S/C14H23NO4/c1-2-12(19-11-5-3-4-6-11)13(16)15-8-7-10(9-15)14(17)18/h10-12H,2-9H2,1H3,(H,17,18). The van der Waals surface area contributed by atoms with Crippen LogP contribution in [0, 0.1) is 5.92 Å². The number of rotatable bonds is 5. The van der Waals surface area contributed by atoms with Crippen molar-refractivity contribution in [1.29, 1.82) is 0 Å². The Morgan fingerprint density at radius 2 is 2.00 bits per heavy atom. The zero-order valence-corrected chi connectivity index (χ0v) is 11.5. The summed E-state index contributed by atoms with van der Waals surface area (Å²) in [6.07, 6.45) is 5.48. The Bertz CT molecular complexity index is 338. The average molecular weight is 269 g/mol. The van der Waals surface area contributed by atoms with E-state index in [9.17, 15) is 9.59 Å². The Labute approximate surface area is 113 Å². The zero-order valence-electron chi connectivity index (χ0n) is 11.5. The summed E-state index contributed by atoms with van der Waals surface area (Å²) in [5, 5.41) is 8.97. The maximum atomic E-state index is 12.3. The van der Waals surface area contributed by atoms with Crippen molar-refractivity contribution in [3.05, 3.63) is 0 Å². The second kappa shape index (κ2) is 6.37. The molecule has 2 aliphatic rings. The summed E-state index contributed by atoms with van der Waals surface area (Å²) in [6.45, 7) is 2.82. The van der Waals surface area contributed by atoms with Crippen LogP contribution >= 0.6 is 0 Å². The molecule has 0 aromatic carbocycles. The molecule has 5 nitrogen and oxygen atoms in total. The fourth-order valence-electron chi connectivity index (χ4n) is 2.95. The van der Waals surface area contributed by atoms with E-state index >= 15 is 0 Å². The van der Waals surface area contributed by atoms with E-state index in [1.54, 1.807) is 4.90 Å². The van der Waals surface area contributed by atoms with E-state index in [0.29, 0.717) is 25.9 Å². The smallest absolute Gasteiger partial charge is 0.308 e. The van der Waals surface area contributed by atoms with E-state index in [1.807, 2.05) is 6.92 Å². The number of aliphatic carboxylic acids is 1. The molecule has 0 aromatic heterocycles. The van der Waals surface area contributed by atoms with E-state index in [0.717, 1.165) is 12.8 Å². The lowest BCUT2D eigenvalue weighted by Gasteiger charge is -2.25. The molecule has 0 aromatic rings. The van der Waals surface area contributed by atoms with Crippen LogP contribution < -0.4 is 0 Å². The lowest BCUT2D eigenvalue weighted by Crippen LogP contribution is -2.40. The van der Waals surface area contributed by atoms with Crippen molar-refractivity contribution in [3.8, 4) is 0 Å². The average Bonchev–Trinajstić information content (AvgIpc) is 3.06. The van der Waals surface area contributed by atoms with Gasteiger partial charge < -0.3 is 14.7 Å². The molecule has 2 unspecified atom stereocenters. The van der Waals surface area contributed by atoms with Gasteiger partial charge in [-0.2, -0.15) is 0 Å². The van der Waals surface area contributed by atoms with Crippen LogP contribution in [-0.2, 0) is 14.3 Å². The van der Waals surface area contributed by atoms with Crippen LogP contribution in [-0.4, -0.2) is 47.2 Å². The highest BCUT2D eigenvalue weighted by molar-refractivity contribution is 5.82. The van der Waals surface area contributed by atoms with Crippen LogP contribution in [0.25, 0.3) is 0 Å². The minimum absolute atomic E-state index is 0.0295. The molecule has 1 saturated carbocycles. The first-order valence-corrected chi connectivity index (χ1v) is 7.29. The number of likely N-dealkylation sites (tertiary alicyclic amines) is 1. The molecule has 1 heterocycles. The van der Waals surface area contributed by atoms with Gasteiger partial charge in [0.15, 0.2) is 0 Å². The fraction of sp³-hybridized carbons (Fsp3) is 0.857. The van der Waals surface area contributed by atoms with Crippen LogP contribution in [0.5, 0.6) is 0 Å². The zero-order chi connectivity index (χ0) is 13.8. The van der Waals surface area contributed by atoms with Gasteiger partial charge in [-0.25, -0.2) is 0 Å². The molecule has 0 bridgehead atoms. The normalized spacial score (nSPS) is 25.7. The summed E-state index contributed by atoms with van der Waals surface area (Å²) in [5.41, 5.74) is 0. The van der Waals surface area contributed by atoms with Gasteiger partial charge in [-0.05, 0) is 25.7 Å². The van der Waals surface area contributed by atoms with E-state index in [4.69, 9.17) is 9.84 Å². The molecule has 2 fully saturated rings. The molecular formula is C14H23NO4. The van der Waals surface area contributed by atoms with Crippen molar-refractivity contribution in [2.24, 2.45) is 5.92 Å². The van der Waals surface area contributed by atoms with E-state index in [-0.39, 0.29) is 12.0 Å². The van der Waals surface area contributed by atoms with Crippen molar-refractivity contribution in [2.45, 2.75) is 57.7 Å². The van der Waals surface area contributed by atoms with Gasteiger partial charge in [0, 0.05) is 13.1 Å². The second-order valence-electron chi connectivity index (χ2n) is 5.55. The minimum atomic E-state index is -0.806. The van der Waals surface area contributed by atoms with Crippen LogP contribution in [0.4, 0.5) is 0 Å². The molecule has 1 N–H and O–H groups in total. The fourth-order valence-corrected chi connectivity index (χ4v) is 2.95. The molecule has 5 heteroatoms. The third-order valence-electron chi connectivity index (χ3n) is 4.15. The molecule has 2 rings (SSSR count). The van der Waals surface area contributed by atoms with Gasteiger partial charge in [0.1, 0.15) is 6.10 Å². The third-order valence-corrected chi connectivity index (χ3v) is 4.15. The van der Waals surface area contributed by atoms with Gasteiger partial charge in [-0.3, -0.25) is 9.59 Å². The van der Waals surface area contributed by atoms with Gasteiger partial charge in [-0.15, -0.1) is 0 Å². The van der Waals surface area contributed by atoms with Crippen molar-refractivity contribution < 1.29 is 19.4 Å². The molecule has 0 spiro atoms. The predicted octanol–water partition coefficient (Wildman–Crippen LogP) is 1.66. The number of carboxylic acid groups (broad SMARTS) is 1. The van der Waals surface area contributed by atoms with Crippen LogP contribution in [0.2, 0.25) is 0 Å². The summed E-state index contributed by atoms with van der Waals surface area (Å²) in [4.78, 5) is 24.9. The van der Waals surface area contributed by atoms with Crippen molar-refractivity contribution >= 4 is 11.9 Å². The molecule has 108 valence electrons. The van der Waals surface area contributed by atoms with Crippen LogP contribution in [0.15, 0.2) is 0 Å². The number of nitrogens with zero attached hydrogens (tertiary/aromatic N) is 1. The largest absolute Gasteiger partial charge is 0.481 e. The van der Waals surface area contributed by atoms with Gasteiger partial charge in [-0.1, -0.05) is 19.8 Å². The Morgan fingerprint density at radius 1 is 1.32 bits per heavy atom. The maximum absolute atomic E-state index is 12.3. The first-order valence-electron chi connectivity index (χ1n) is 7.29. The highest BCUT2D eigenvalue weighted by Crippen LogP contribution is 2.25. The van der Waals surface area contributed by atoms with E-state index < -0.39 is 18.0 Å². The molecule has 1 aliphatic heterocycles. The molecule has 1 saturated heterocycles. The summed E-state index contributed by atoms with van der Waals surface area (Å²) in [7, 11) is 0. The summed E-state index contributed by atoms with van der Waals surface area (Å²) in [6, 6.07) is 0. The Balaban J connectivity index is 1.87. The van der Waals surface area contributed by atoms with Gasteiger partial charge in [0.25, 0.3) is 5.91 Å². The minimum Gasteiger partial charge on any atom is -0.481 e. The number of hydrogen-bond acceptors (Lipinski definition) is 3. The quantitative estimate of drug-likeness (QED) is 0.824. The number of carboxylic acids is 1. The number of carbonyl (C=O) groups excluding carboxylic acids is 1. The maximum Gasteiger partial charge on any atom is 0.308 e. The summed E-state index contributed by atoms with van der Waals surface area (Å²) in [5.74, 6) is -1.24. The second-order valence-corrected chi connectivity index (χ2v) is 5.55. The number of amides is 1. The topological polar surface area (TPSA) is 66.8 Å². The first-order chi connectivity index (χ1) is 9.11. The highest BCUT2D eigenvalue weighted by Gasteiger charge is 2.34. The Kier molecular flexibility index (Phi) is 4.80. The molecule has 1 amide bonds. The van der Waals surface area contributed by atoms with Crippen molar-refractivity contribution in [3.63, 3.8) is 0 Å². The van der Waals surface area contributed by atoms with E-state index in [2.05, 4.69) is 0 Å². The molecule has 19 heavy (non-hydrogen) atoms. The Morgan fingerprint density at radius 3 is 2.53 bits per heavy atom. The summed E-state index contributed by atoms with van der Waals surface area (Å²) >= 11 is 0. The Hall–Kier alpha value is -1.10. The molecule has 0 radical (unpaired) electrons. The molecular weight excluding hydrogens is 246 g/mol. The highest BCUT2D eigenvalue weighted by atomic mass is 16.5. The summed E-state index contributed by atoms with van der Waals surface area (Å²) < 4.78 is 5.89. The van der Waals surface area contributed by atoms with Crippen LogP contribution in [0.1, 0.15) is 45.4 Å². The number of hydrogen-bond donors (Lipinski definition) is 1.